The highest BCUT2D eigenvalue weighted by Crippen LogP contribution is 2.72. The van der Waals surface area contributed by atoms with Gasteiger partial charge in [0.2, 0.25) is 6.29 Å². The molecule has 86 valence electrons. The van der Waals surface area contributed by atoms with Crippen molar-refractivity contribution >= 4 is 17.9 Å². The second-order valence-corrected chi connectivity index (χ2v) is 4.94. The Morgan fingerprint density at radius 2 is 1.75 bits per heavy atom. The molecule has 16 heavy (non-hydrogen) atoms. The summed E-state index contributed by atoms with van der Waals surface area (Å²) in [5, 5.41) is 9.70. The molecule has 3 fully saturated rings. The topological polar surface area (TPSA) is 89.9 Å². The maximum absolute atomic E-state index is 11.6. The van der Waals surface area contributed by atoms with Gasteiger partial charge in [-0.3, -0.25) is 14.4 Å². The van der Waals surface area contributed by atoms with Crippen molar-refractivity contribution in [2.75, 3.05) is 0 Å². The van der Waals surface area contributed by atoms with Crippen LogP contribution in [-0.4, -0.2) is 29.3 Å². The number of ether oxygens (including phenoxy) is 2. The quantitative estimate of drug-likeness (QED) is 0.429. The number of carbonyl (C=O) groups is 3. The van der Waals surface area contributed by atoms with Crippen LogP contribution >= 0.6 is 0 Å². The van der Waals surface area contributed by atoms with Crippen molar-refractivity contribution < 1.29 is 29.0 Å². The first-order valence-corrected chi connectivity index (χ1v) is 5.00. The van der Waals surface area contributed by atoms with Gasteiger partial charge in [-0.05, 0) is 6.92 Å². The molecule has 5 unspecified atom stereocenters. The number of cyclic esters (lactones) is 3. The zero-order valence-corrected chi connectivity index (χ0v) is 8.72. The van der Waals surface area contributed by atoms with Crippen LogP contribution in [0, 0.1) is 22.7 Å². The Labute approximate surface area is 90.5 Å². The van der Waals surface area contributed by atoms with Gasteiger partial charge in [-0.2, -0.15) is 0 Å². The highest BCUT2D eigenvalue weighted by atomic mass is 16.6. The van der Waals surface area contributed by atoms with E-state index in [1.54, 1.807) is 6.92 Å². The minimum absolute atomic E-state index is 0.635. The number of rotatable bonds is 0. The fourth-order valence-electron chi connectivity index (χ4n) is 3.32. The molecule has 6 heteroatoms. The molecule has 0 aromatic rings. The van der Waals surface area contributed by atoms with Gasteiger partial charge in [0.05, 0.1) is 22.7 Å². The maximum Gasteiger partial charge on any atom is 0.321 e. The van der Waals surface area contributed by atoms with Crippen molar-refractivity contribution in [2.45, 2.75) is 20.1 Å². The van der Waals surface area contributed by atoms with E-state index in [1.807, 2.05) is 0 Å². The van der Waals surface area contributed by atoms with Crippen molar-refractivity contribution in [1.29, 1.82) is 0 Å². The Balaban J connectivity index is 2.17. The number of fused-ring (bicyclic) bond motifs is 4. The number of hydrogen-bond donors (Lipinski definition) is 1. The van der Waals surface area contributed by atoms with Crippen molar-refractivity contribution in [2.24, 2.45) is 22.7 Å². The third kappa shape index (κ3) is 0.633. The summed E-state index contributed by atoms with van der Waals surface area (Å²) in [6.45, 7) is 3.11. The van der Waals surface area contributed by atoms with Gasteiger partial charge in [0.25, 0.3) is 0 Å². The fraction of sp³-hybridized carbons (Fsp3) is 0.700. The molecule has 3 rings (SSSR count). The highest BCUT2D eigenvalue weighted by molar-refractivity contribution is 6.05. The summed E-state index contributed by atoms with van der Waals surface area (Å²) < 4.78 is 9.26. The Kier molecular flexibility index (Phi) is 1.40. The lowest BCUT2D eigenvalue weighted by Crippen LogP contribution is -2.66. The number of hydrogen-bond acceptors (Lipinski definition) is 6. The number of esters is 3. The number of aliphatic hydroxyl groups excluding tert-OH is 1. The molecular weight excluding hydrogens is 216 g/mol. The van der Waals surface area contributed by atoms with Gasteiger partial charge < -0.3 is 14.6 Å². The largest absolute Gasteiger partial charge is 0.435 e. The minimum Gasteiger partial charge on any atom is -0.435 e. The Bertz CT molecular complexity index is 443. The molecule has 3 aliphatic rings. The third-order valence-corrected chi connectivity index (χ3v) is 4.59. The first-order valence-electron chi connectivity index (χ1n) is 5.00. The van der Waals surface area contributed by atoms with E-state index in [1.165, 1.54) is 6.92 Å². The van der Waals surface area contributed by atoms with E-state index in [2.05, 4.69) is 4.74 Å². The van der Waals surface area contributed by atoms with E-state index < -0.39 is 46.9 Å². The Morgan fingerprint density at radius 1 is 1.12 bits per heavy atom. The number of aliphatic hydroxyl groups is 1. The standard InChI is InChI=1S/C10H10O6/c1-9-3(5(11)15-7(9)13)4-6(12)16-8(14)10(4,9)2/h3-4,7,13H,1-2H3. The zero-order chi connectivity index (χ0) is 11.9. The minimum atomic E-state index is -1.36. The molecule has 1 aliphatic carbocycles. The van der Waals surface area contributed by atoms with Gasteiger partial charge in [-0.15, -0.1) is 0 Å². The van der Waals surface area contributed by atoms with Crippen molar-refractivity contribution in [3.63, 3.8) is 0 Å². The molecule has 0 bridgehead atoms. The van der Waals surface area contributed by atoms with Crippen LogP contribution in [0.5, 0.6) is 0 Å². The summed E-state index contributed by atoms with van der Waals surface area (Å²) in [5.74, 6) is -3.59. The maximum atomic E-state index is 11.6. The van der Waals surface area contributed by atoms with E-state index in [0.29, 0.717) is 0 Å². The van der Waals surface area contributed by atoms with E-state index >= 15 is 0 Å². The lowest BCUT2D eigenvalue weighted by Gasteiger charge is -2.54. The van der Waals surface area contributed by atoms with Gasteiger partial charge in [0, 0.05) is 0 Å². The SMILES string of the molecule is CC12C(=O)OC(=O)C1C1C(=O)OC(O)C12C. The lowest BCUT2D eigenvalue weighted by atomic mass is 9.40. The molecule has 0 spiro atoms. The molecule has 5 atom stereocenters. The molecular formula is C10H10O6. The third-order valence-electron chi connectivity index (χ3n) is 4.59. The zero-order valence-electron chi connectivity index (χ0n) is 8.72. The average molecular weight is 226 g/mol. The molecule has 2 saturated heterocycles. The molecule has 1 saturated carbocycles. The van der Waals surface area contributed by atoms with E-state index in [9.17, 15) is 19.5 Å². The van der Waals surface area contributed by atoms with E-state index in [-0.39, 0.29) is 0 Å². The van der Waals surface area contributed by atoms with Crippen LogP contribution in [0.15, 0.2) is 0 Å². The summed E-state index contributed by atoms with van der Waals surface area (Å²) in [4.78, 5) is 34.6. The van der Waals surface area contributed by atoms with Gasteiger partial charge in [-0.25, -0.2) is 0 Å². The molecule has 0 radical (unpaired) electrons. The Morgan fingerprint density at radius 3 is 2.38 bits per heavy atom. The molecule has 0 aromatic carbocycles. The van der Waals surface area contributed by atoms with Gasteiger partial charge in [0.15, 0.2) is 0 Å². The van der Waals surface area contributed by atoms with Crippen LogP contribution in [0.2, 0.25) is 0 Å². The monoisotopic (exact) mass is 226 g/mol. The van der Waals surface area contributed by atoms with Gasteiger partial charge in [0.1, 0.15) is 0 Å². The smallest absolute Gasteiger partial charge is 0.321 e. The highest BCUT2D eigenvalue weighted by Gasteiger charge is 2.85. The van der Waals surface area contributed by atoms with Crippen molar-refractivity contribution in [1.82, 2.24) is 0 Å². The van der Waals surface area contributed by atoms with Crippen LogP contribution in [0.3, 0.4) is 0 Å². The molecule has 6 nitrogen and oxygen atoms in total. The first-order chi connectivity index (χ1) is 7.35. The van der Waals surface area contributed by atoms with E-state index in [4.69, 9.17) is 4.74 Å². The summed E-state index contributed by atoms with van der Waals surface area (Å²) in [7, 11) is 0. The second-order valence-electron chi connectivity index (χ2n) is 4.94. The summed E-state index contributed by atoms with van der Waals surface area (Å²) in [5.41, 5.74) is -2.21. The van der Waals surface area contributed by atoms with Crippen LogP contribution in [-0.2, 0) is 23.9 Å². The second kappa shape index (κ2) is 2.29. The lowest BCUT2D eigenvalue weighted by molar-refractivity contribution is -0.217. The number of carbonyl (C=O) groups excluding carboxylic acids is 3. The molecule has 2 heterocycles. The molecule has 2 aliphatic heterocycles. The van der Waals surface area contributed by atoms with Crippen LogP contribution < -0.4 is 0 Å². The molecule has 0 aromatic heterocycles. The summed E-state index contributed by atoms with van der Waals surface area (Å²) in [6.07, 6.45) is -1.36. The normalized spacial score (nSPS) is 53.9. The van der Waals surface area contributed by atoms with Crippen LogP contribution in [0.1, 0.15) is 13.8 Å². The average Bonchev–Trinajstić information content (AvgIpc) is 2.49. The predicted molar refractivity (Wildman–Crippen MR) is 46.4 cm³/mol. The van der Waals surface area contributed by atoms with Crippen LogP contribution in [0.25, 0.3) is 0 Å². The predicted octanol–water partition coefficient (Wildman–Crippen LogP) is -0.796. The molecule has 0 amide bonds. The first kappa shape index (κ1) is 9.77. The fourth-order valence-corrected chi connectivity index (χ4v) is 3.32. The summed E-state index contributed by atoms with van der Waals surface area (Å²) >= 11 is 0. The van der Waals surface area contributed by atoms with Gasteiger partial charge >= 0.3 is 17.9 Å². The van der Waals surface area contributed by atoms with Crippen molar-refractivity contribution in [3.05, 3.63) is 0 Å². The van der Waals surface area contributed by atoms with Crippen LogP contribution in [0.4, 0.5) is 0 Å². The summed E-state index contributed by atoms with van der Waals surface area (Å²) in [6, 6.07) is 0. The van der Waals surface area contributed by atoms with Crippen molar-refractivity contribution in [3.8, 4) is 0 Å². The molecule has 1 N–H and O–H groups in total. The van der Waals surface area contributed by atoms with E-state index in [0.717, 1.165) is 0 Å². The van der Waals surface area contributed by atoms with Gasteiger partial charge in [-0.1, -0.05) is 6.92 Å². The Hall–Kier alpha value is -1.43.